The second-order valence-electron chi connectivity index (χ2n) is 2.96. The van der Waals surface area contributed by atoms with Crippen LogP contribution in [0.2, 0.25) is 0 Å². The predicted octanol–water partition coefficient (Wildman–Crippen LogP) is 1.12. The van der Waals surface area contributed by atoms with Gasteiger partial charge in [0.2, 0.25) is 5.91 Å². The molecule has 5 nitrogen and oxygen atoms in total. The summed E-state index contributed by atoms with van der Waals surface area (Å²) in [4.78, 5) is 10.9. The van der Waals surface area contributed by atoms with E-state index in [0.29, 0.717) is 5.75 Å². The Bertz CT molecular complexity index is 375. The van der Waals surface area contributed by atoms with Crippen molar-refractivity contribution in [1.82, 2.24) is 10.5 Å². The standard InChI is InChI=1S/C9H11N3O2S/c1-6-8(7(2)14-12-6)3-15-4-9(13)11-5-10/h3-4H2,1-2H3,(H,11,13). The number of carbonyl (C=O) groups excluding carboxylic acids is 1. The Morgan fingerprint density at radius 1 is 1.67 bits per heavy atom. The van der Waals surface area contributed by atoms with E-state index in [4.69, 9.17) is 9.78 Å². The molecule has 0 saturated heterocycles. The first-order valence-electron chi connectivity index (χ1n) is 4.32. The largest absolute Gasteiger partial charge is 0.361 e. The Labute approximate surface area is 91.8 Å². The maximum absolute atomic E-state index is 10.9. The van der Waals surface area contributed by atoms with Crippen molar-refractivity contribution in [1.29, 1.82) is 5.26 Å². The lowest BCUT2D eigenvalue weighted by molar-refractivity contribution is -0.117. The van der Waals surface area contributed by atoms with Crippen LogP contribution < -0.4 is 5.32 Å². The third-order valence-electron chi connectivity index (χ3n) is 1.86. The van der Waals surface area contributed by atoms with Gasteiger partial charge < -0.3 is 4.52 Å². The van der Waals surface area contributed by atoms with E-state index in [-0.39, 0.29) is 11.7 Å². The monoisotopic (exact) mass is 225 g/mol. The number of aromatic nitrogens is 1. The second kappa shape index (κ2) is 5.41. The minimum atomic E-state index is -0.283. The fourth-order valence-corrected chi connectivity index (χ4v) is 2.03. The average molecular weight is 225 g/mol. The summed E-state index contributed by atoms with van der Waals surface area (Å²) < 4.78 is 4.98. The van der Waals surface area contributed by atoms with Crippen LogP contribution in [-0.4, -0.2) is 16.8 Å². The van der Waals surface area contributed by atoms with Crippen molar-refractivity contribution >= 4 is 17.7 Å². The summed E-state index contributed by atoms with van der Waals surface area (Å²) in [5.74, 6) is 1.42. The van der Waals surface area contributed by atoms with Crippen LogP contribution in [0.25, 0.3) is 0 Å². The van der Waals surface area contributed by atoms with Crippen LogP contribution in [0.5, 0.6) is 0 Å². The van der Waals surface area contributed by atoms with Crippen LogP contribution in [0.3, 0.4) is 0 Å². The molecule has 1 heterocycles. The number of hydrogen-bond donors (Lipinski definition) is 1. The molecular formula is C9H11N3O2S. The van der Waals surface area contributed by atoms with Crippen molar-refractivity contribution in [3.8, 4) is 6.19 Å². The molecule has 1 aromatic rings. The molecule has 0 unspecified atom stereocenters. The molecule has 6 heteroatoms. The first-order valence-corrected chi connectivity index (χ1v) is 5.48. The predicted molar refractivity (Wildman–Crippen MR) is 55.9 cm³/mol. The molecule has 1 rings (SSSR count). The van der Waals surface area contributed by atoms with E-state index in [2.05, 4.69) is 10.5 Å². The van der Waals surface area contributed by atoms with Gasteiger partial charge in [-0.1, -0.05) is 5.16 Å². The van der Waals surface area contributed by atoms with Gasteiger partial charge in [0, 0.05) is 11.3 Å². The van der Waals surface area contributed by atoms with Crippen molar-refractivity contribution in [3.63, 3.8) is 0 Å². The molecule has 0 saturated carbocycles. The number of hydrogen-bond acceptors (Lipinski definition) is 5. The highest BCUT2D eigenvalue weighted by Crippen LogP contribution is 2.18. The molecule has 0 aliphatic carbocycles. The average Bonchev–Trinajstić information content (AvgIpc) is 2.49. The molecule has 0 aliphatic rings. The van der Waals surface area contributed by atoms with Gasteiger partial charge in [0.15, 0.2) is 6.19 Å². The highest BCUT2D eigenvalue weighted by atomic mass is 32.2. The van der Waals surface area contributed by atoms with Gasteiger partial charge in [-0.25, -0.2) is 0 Å². The number of rotatable bonds is 4. The molecular weight excluding hydrogens is 214 g/mol. The lowest BCUT2D eigenvalue weighted by Crippen LogP contribution is -2.19. The van der Waals surface area contributed by atoms with Crippen LogP contribution >= 0.6 is 11.8 Å². The Balaban J connectivity index is 2.39. The van der Waals surface area contributed by atoms with Crippen molar-refractivity contribution < 1.29 is 9.32 Å². The minimum Gasteiger partial charge on any atom is -0.361 e. The molecule has 15 heavy (non-hydrogen) atoms. The zero-order valence-corrected chi connectivity index (χ0v) is 9.35. The minimum absolute atomic E-state index is 0.262. The molecule has 1 amide bonds. The smallest absolute Gasteiger partial charge is 0.242 e. The van der Waals surface area contributed by atoms with E-state index in [0.717, 1.165) is 17.0 Å². The Kier molecular flexibility index (Phi) is 4.18. The lowest BCUT2D eigenvalue weighted by atomic mass is 10.2. The number of thioether (sulfide) groups is 1. The van der Waals surface area contributed by atoms with E-state index in [1.54, 1.807) is 6.19 Å². The number of nitrogens with zero attached hydrogens (tertiary/aromatic N) is 2. The number of nitriles is 1. The third-order valence-corrected chi connectivity index (χ3v) is 2.82. The zero-order valence-electron chi connectivity index (χ0n) is 8.53. The summed E-state index contributed by atoms with van der Waals surface area (Å²) in [5.41, 5.74) is 1.87. The van der Waals surface area contributed by atoms with E-state index >= 15 is 0 Å². The van der Waals surface area contributed by atoms with Gasteiger partial charge in [-0.05, 0) is 13.8 Å². The molecule has 80 valence electrons. The molecule has 0 aromatic carbocycles. The van der Waals surface area contributed by atoms with Crippen molar-refractivity contribution in [2.75, 3.05) is 5.75 Å². The molecule has 0 atom stereocenters. The second-order valence-corrected chi connectivity index (χ2v) is 3.94. The molecule has 1 aromatic heterocycles. The fraction of sp³-hybridized carbons (Fsp3) is 0.444. The topological polar surface area (TPSA) is 78.9 Å². The molecule has 0 spiro atoms. The Morgan fingerprint density at radius 2 is 2.40 bits per heavy atom. The molecule has 0 fully saturated rings. The SMILES string of the molecule is Cc1noc(C)c1CSCC(=O)NC#N. The lowest BCUT2D eigenvalue weighted by Gasteiger charge is -1.98. The molecule has 0 bridgehead atoms. The summed E-state index contributed by atoms with van der Waals surface area (Å²) in [6.07, 6.45) is 1.59. The van der Waals surface area contributed by atoms with E-state index < -0.39 is 0 Å². The van der Waals surface area contributed by atoms with Gasteiger partial charge in [0.1, 0.15) is 5.76 Å². The summed E-state index contributed by atoms with van der Waals surface area (Å²) >= 11 is 1.42. The van der Waals surface area contributed by atoms with Crippen molar-refractivity contribution in [3.05, 3.63) is 17.0 Å². The Morgan fingerprint density at radius 3 is 2.93 bits per heavy atom. The molecule has 0 aliphatic heterocycles. The summed E-state index contributed by atoms with van der Waals surface area (Å²) in [6, 6.07) is 0. The Hall–Kier alpha value is -1.48. The number of nitrogens with one attached hydrogen (secondary N) is 1. The first kappa shape index (κ1) is 11.6. The van der Waals surface area contributed by atoms with Gasteiger partial charge in [-0.3, -0.25) is 10.1 Å². The van der Waals surface area contributed by atoms with Crippen molar-refractivity contribution in [2.24, 2.45) is 0 Å². The summed E-state index contributed by atoms with van der Waals surface area (Å²) in [7, 11) is 0. The summed E-state index contributed by atoms with van der Waals surface area (Å²) in [6.45, 7) is 3.70. The summed E-state index contributed by atoms with van der Waals surface area (Å²) in [5, 5.41) is 14.1. The number of aryl methyl sites for hydroxylation is 2. The van der Waals surface area contributed by atoms with Crippen LogP contribution in [-0.2, 0) is 10.5 Å². The highest BCUT2D eigenvalue weighted by Gasteiger charge is 2.09. The normalized spacial score (nSPS) is 9.67. The van der Waals surface area contributed by atoms with Crippen LogP contribution in [0.15, 0.2) is 4.52 Å². The van der Waals surface area contributed by atoms with Gasteiger partial charge in [0.05, 0.1) is 11.4 Å². The van der Waals surface area contributed by atoms with Gasteiger partial charge >= 0.3 is 0 Å². The zero-order chi connectivity index (χ0) is 11.3. The van der Waals surface area contributed by atoms with Crippen LogP contribution in [0.1, 0.15) is 17.0 Å². The number of carbonyl (C=O) groups is 1. The fourth-order valence-electron chi connectivity index (χ4n) is 1.05. The van der Waals surface area contributed by atoms with E-state index in [1.165, 1.54) is 11.8 Å². The van der Waals surface area contributed by atoms with Gasteiger partial charge in [0.25, 0.3) is 0 Å². The quantitative estimate of drug-likeness (QED) is 0.613. The van der Waals surface area contributed by atoms with E-state index in [9.17, 15) is 4.79 Å². The first-order chi connectivity index (χ1) is 7.15. The van der Waals surface area contributed by atoms with E-state index in [1.807, 2.05) is 13.8 Å². The number of amides is 1. The highest BCUT2D eigenvalue weighted by molar-refractivity contribution is 7.99. The van der Waals surface area contributed by atoms with Crippen LogP contribution in [0.4, 0.5) is 0 Å². The van der Waals surface area contributed by atoms with Crippen molar-refractivity contribution in [2.45, 2.75) is 19.6 Å². The van der Waals surface area contributed by atoms with Gasteiger partial charge in [-0.2, -0.15) is 5.26 Å². The van der Waals surface area contributed by atoms with Gasteiger partial charge in [-0.15, -0.1) is 11.8 Å². The third kappa shape index (κ3) is 3.29. The molecule has 1 N–H and O–H groups in total. The maximum atomic E-state index is 10.9. The molecule has 0 radical (unpaired) electrons. The maximum Gasteiger partial charge on any atom is 0.242 e. The van der Waals surface area contributed by atoms with Crippen LogP contribution in [0, 0.1) is 25.3 Å².